The predicted octanol–water partition coefficient (Wildman–Crippen LogP) is 3.00. The molecule has 0 aliphatic carbocycles. The third-order valence-electron chi connectivity index (χ3n) is 4.67. The topological polar surface area (TPSA) is 88.5 Å². The second-order valence-corrected chi connectivity index (χ2v) is 6.53. The molecule has 0 saturated heterocycles. The first-order chi connectivity index (χ1) is 13.1. The van der Waals surface area contributed by atoms with Gasteiger partial charge in [-0.2, -0.15) is 0 Å². The SMILES string of the molecule is CC[C@@H](Cn1ccnc1)NC(=O)Nc1ccc2c(c1)CCCN2C(=O)OC. The van der Waals surface area contributed by atoms with Gasteiger partial charge in [0.2, 0.25) is 0 Å². The lowest BCUT2D eigenvalue weighted by Crippen LogP contribution is -2.40. The molecule has 2 heterocycles. The van der Waals surface area contributed by atoms with Crippen LogP contribution in [0.25, 0.3) is 0 Å². The molecule has 2 aromatic rings. The zero-order valence-corrected chi connectivity index (χ0v) is 15.6. The Morgan fingerprint density at radius 3 is 2.93 bits per heavy atom. The Kier molecular flexibility index (Phi) is 5.95. The molecule has 8 heteroatoms. The van der Waals surface area contributed by atoms with Gasteiger partial charge in [0.25, 0.3) is 0 Å². The Labute approximate surface area is 158 Å². The number of ether oxygens (including phenoxy) is 1. The molecule has 1 aromatic heterocycles. The number of hydrogen-bond acceptors (Lipinski definition) is 4. The summed E-state index contributed by atoms with van der Waals surface area (Å²) >= 11 is 0. The largest absolute Gasteiger partial charge is 0.452 e. The summed E-state index contributed by atoms with van der Waals surface area (Å²) in [4.78, 5) is 29.9. The molecule has 0 fully saturated rings. The summed E-state index contributed by atoms with van der Waals surface area (Å²) in [5, 5.41) is 5.87. The second kappa shape index (κ2) is 8.57. The highest BCUT2D eigenvalue weighted by molar-refractivity contribution is 5.92. The summed E-state index contributed by atoms with van der Waals surface area (Å²) in [5.41, 5.74) is 2.57. The molecular weight excluding hydrogens is 346 g/mol. The van der Waals surface area contributed by atoms with E-state index in [2.05, 4.69) is 15.6 Å². The van der Waals surface area contributed by atoms with Crippen molar-refractivity contribution in [1.82, 2.24) is 14.9 Å². The highest BCUT2D eigenvalue weighted by Crippen LogP contribution is 2.30. The maximum atomic E-state index is 12.4. The number of carbonyl (C=O) groups excluding carboxylic acids is 2. The summed E-state index contributed by atoms with van der Waals surface area (Å²) in [6.07, 6.45) is 7.50. The third kappa shape index (κ3) is 4.58. The van der Waals surface area contributed by atoms with Gasteiger partial charge in [-0.25, -0.2) is 14.6 Å². The van der Waals surface area contributed by atoms with Gasteiger partial charge >= 0.3 is 12.1 Å². The van der Waals surface area contributed by atoms with Crippen LogP contribution in [0.5, 0.6) is 0 Å². The van der Waals surface area contributed by atoms with E-state index in [0.717, 1.165) is 30.5 Å². The van der Waals surface area contributed by atoms with Crippen LogP contribution in [0.2, 0.25) is 0 Å². The number of nitrogens with zero attached hydrogens (tertiary/aromatic N) is 3. The number of carbonyl (C=O) groups is 2. The lowest BCUT2D eigenvalue weighted by Gasteiger charge is -2.28. The molecule has 144 valence electrons. The van der Waals surface area contributed by atoms with Crippen LogP contribution in [0.4, 0.5) is 21.0 Å². The number of amides is 3. The van der Waals surface area contributed by atoms with Gasteiger partial charge in [-0.05, 0) is 43.0 Å². The van der Waals surface area contributed by atoms with E-state index in [1.807, 2.05) is 29.8 Å². The number of nitrogens with one attached hydrogen (secondary N) is 2. The van der Waals surface area contributed by atoms with Crippen LogP contribution in [0.3, 0.4) is 0 Å². The van der Waals surface area contributed by atoms with E-state index in [4.69, 9.17) is 4.74 Å². The number of methoxy groups -OCH3 is 1. The summed E-state index contributed by atoms with van der Waals surface area (Å²) < 4.78 is 6.78. The molecule has 2 N–H and O–H groups in total. The molecule has 0 spiro atoms. The number of rotatable bonds is 5. The maximum absolute atomic E-state index is 12.4. The number of urea groups is 1. The van der Waals surface area contributed by atoms with E-state index in [0.29, 0.717) is 18.8 Å². The molecular formula is C19H25N5O3. The average molecular weight is 371 g/mol. The molecule has 0 bridgehead atoms. The Morgan fingerprint density at radius 2 is 2.22 bits per heavy atom. The van der Waals surface area contributed by atoms with Crippen molar-refractivity contribution in [2.45, 2.75) is 38.8 Å². The highest BCUT2D eigenvalue weighted by atomic mass is 16.5. The molecule has 1 aliphatic heterocycles. The van der Waals surface area contributed by atoms with Crippen LogP contribution in [0, 0.1) is 0 Å². The molecule has 0 saturated carbocycles. The van der Waals surface area contributed by atoms with Gasteiger partial charge in [0, 0.05) is 37.2 Å². The number of fused-ring (bicyclic) bond motifs is 1. The summed E-state index contributed by atoms with van der Waals surface area (Å²) in [6, 6.07) is 5.33. The lowest BCUT2D eigenvalue weighted by atomic mass is 10.0. The number of imidazole rings is 1. The van der Waals surface area contributed by atoms with Crippen molar-refractivity contribution >= 4 is 23.5 Å². The van der Waals surface area contributed by atoms with Crippen molar-refractivity contribution in [3.8, 4) is 0 Å². The zero-order valence-electron chi connectivity index (χ0n) is 15.6. The van der Waals surface area contributed by atoms with E-state index in [1.54, 1.807) is 23.5 Å². The fraction of sp³-hybridized carbons (Fsp3) is 0.421. The molecule has 8 nitrogen and oxygen atoms in total. The van der Waals surface area contributed by atoms with E-state index in [1.165, 1.54) is 7.11 Å². The number of anilines is 2. The molecule has 3 amide bonds. The maximum Gasteiger partial charge on any atom is 0.414 e. The van der Waals surface area contributed by atoms with Gasteiger partial charge in [-0.15, -0.1) is 0 Å². The Bertz CT molecular complexity index is 791. The van der Waals surface area contributed by atoms with Crippen LogP contribution in [-0.2, 0) is 17.7 Å². The number of aryl methyl sites for hydroxylation is 1. The quantitative estimate of drug-likeness (QED) is 0.846. The predicted molar refractivity (Wildman–Crippen MR) is 103 cm³/mol. The van der Waals surface area contributed by atoms with Crippen molar-refractivity contribution in [3.63, 3.8) is 0 Å². The first-order valence-corrected chi connectivity index (χ1v) is 9.12. The van der Waals surface area contributed by atoms with Gasteiger partial charge in [0.05, 0.1) is 19.1 Å². The molecule has 1 aliphatic rings. The molecule has 27 heavy (non-hydrogen) atoms. The van der Waals surface area contributed by atoms with Crippen molar-refractivity contribution in [3.05, 3.63) is 42.5 Å². The van der Waals surface area contributed by atoms with Crippen molar-refractivity contribution < 1.29 is 14.3 Å². The van der Waals surface area contributed by atoms with E-state index in [-0.39, 0.29) is 18.2 Å². The summed E-state index contributed by atoms with van der Waals surface area (Å²) in [5.74, 6) is 0. The van der Waals surface area contributed by atoms with Gasteiger partial charge < -0.3 is 19.9 Å². The monoisotopic (exact) mass is 371 g/mol. The lowest BCUT2D eigenvalue weighted by molar-refractivity contribution is 0.178. The van der Waals surface area contributed by atoms with Crippen LogP contribution in [0.1, 0.15) is 25.3 Å². The van der Waals surface area contributed by atoms with Crippen molar-refractivity contribution in [1.29, 1.82) is 0 Å². The Hall–Kier alpha value is -3.03. The first-order valence-electron chi connectivity index (χ1n) is 9.12. The van der Waals surface area contributed by atoms with Crippen molar-refractivity contribution in [2.24, 2.45) is 0 Å². The van der Waals surface area contributed by atoms with Gasteiger partial charge in [-0.3, -0.25) is 4.90 Å². The third-order valence-corrected chi connectivity index (χ3v) is 4.67. The van der Waals surface area contributed by atoms with Gasteiger partial charge in [-0.1, -0.05) is 6.92 Å². The Morgan fingerprint density at radius 1 is 1.37 bits per heavy atom. The minimum Gasteiger partial charge on any atom is -0.452 e. The van der Waals surface area contributed by atoms with Crippen LogP contribution in [-0.4, -0.2) is 41.4 Å². The average Bonchev–Trinajstić information content (AvgIpc) is 3.19. The number of aromatic nitrogens is 2. The molecule has 0 unspecified atom stereocenters. The standard InChI is InChI=1S/C19H25N5O3/c1-3-15(12-23-10-8-20-13-23)21-18(25)22-16-6-7-17-14(11-16)5-4-9-24(17)19(26)27-2/h6-8,10-11,13,15H,3-5,9,12H2,1-2H3,(H2,21,22,25)/t15-/m0/s1. The summed E-state index contributed by atoms with van der Waals surface area (Å²) in [6.45, 7) is 3.34. The van der Waals surface area contributed by atoms with Gasteiger partial charge in [0.1, 0.15) is 0 Å². The van der Waals surface area contributed by atoms with E-state index in [9.17, 15) is 9.59 Å². The molecule has 1 aromatic carbocycles. The van der Waals surface area contributed by atoms with Crippen LogP contribution in [0.15, 0.2) is 36.9 Å². The molecule has 1 atom stereocenters. The van der Waals surface area contributed by atoms with Gasteiger partial charge in [0.15, 0.2) is 0 Å². The zero-order chi connectivity index (χ0) is 19.2. The Balaban J connectivity index is 1.63. The fourth-order valence-corrected chi connectivity index (χ4v) is 3.25. The second-order valence-electron chi connectivity index (χ2n) is 6.53. The van der Waals surface area contributed by atoms with E-state index >= 15 is 0 Å². The smallest absolute Gasteiger partial charge is 0.414 e. The molecule has 0 radical (unpaired) electrons. The van der Waals surface area contributed by atoms with Crippen LogP contribution >= 0.6 is 0 Å². The highest BCUT2D eigenvalue weighted by Gasteiger charge is 2.23. The van der Waals surface area contributed by atoms with Crippen molar-refractivity contribution in [2.75, 3.05) is 23.9 Å². The minimum absolute atomic E-state index is 0.00615. The number of benzene rings is 1. The first kappa shape index (κ1) is 18.8. The summed E-state index contributed by atoms with van der Waals surface area (Å²) in [7, 11) is 1.38. The number of hydrogen-bond donors (Lipinski definition) is 2. The minimum atomic E-state index is -0.361. The van der Waals surface area contributed by atoms with E-state index < -0.39 is 0 Å². The molecule has 3 rings (SSSR count). The van der Waals surface area contributed by atoms with Crippen LogP contribution < -0.4 is 15.5 Å². The fourth-order valence-electron chi connectivity index (χ4n) is 3.25. The normalized spacial score (nSPS) is 14.2.